The van der Waals surface area contributed by atoms with Gasteiger partial charge in [-0.15, -0.1) is 32.9 Å². The van der Waals surface area contributed by atoms with E-state index in [1.807, 2.05) is 21.7 Å². The molecule has 0 bridgehead atoms. The van der Waals surface area contributed by atoms with Crippen molar-refractivity contribution in [1.82, 2.24) is 19.6 Å². The molecule has 6 heterocycles. The smallest absolute Gasteiger partial charge is 0.256 e. The zero-order valence-electron chi connectivity index (χ0n) is 22.4. The number of fused-ring (bicyclic) bond motifs is 2. The monoisotopic (exact) mass is 608 g/mol. The van der Waals surface area contributed by atoms with Crippen molar-refractivity contribution in [1.29, 1.82) is 0 Å². The molecule has 2 aliphatic rings. The molecule has 0 radical (unpaired) electrons. The molecule has 13 nitrogen and oxygen atoms in total. The SMILES string of the molecule is NC(=O)c1c(Nc2csc(-c3csc4c(=O)cc(N5CCOCC5)oc34)c2)nc(N[C@@H]2CCCC[C@@H]2O)n2cnnc12. The molecule has 2 atom stereocenters. The number of nitrogens with one attached hydrogen (secondary N) is 2. The largest absolute Gasteiger partial charge is 0.439 e. The van der Waals surface area contributed by atoms with Crippen LogP contribution in [0.4, 0.5) is 23.3 Å². The third kappa shape index (κ3) is 4.87. The highest BCUT2D eigenvalue weighted by Gasteiger charge is 2.27. The number of nitrogens with two attached hydrogens (primary N) is 1. The van der Waals surface area contributed by atoms with E-state index in [0.717, 1.165) is 29.7 Å². The summed E-state index contributed by atoms with van der Waals surface area (Å²) in [6.07, 6.45) is 4.41. The number of aliphatic hydroxyl groups excluding tert-OH is 1. The van der Waals surface area contributed by atoms with E-state index in [1.54, 1.807) is 10.5 Å². The third-order valence-corrected chi connectivity index (χ3v) is 9.56. The number of ether oxygens (including phenoxy) is 1. The van der Waals surface area contributed by atoms with Gasteiger partial charge in [0.05, 0.1) is 31.0 Å². The topological polar surface area (TPSA) is 173 Å². The second-order valence-corrected chi connectivity index (χ2v) is 12.1. The van der Waals surface area contributed by atoms with Crippen LogP contribution in [0.3, 0.4) is 0 Å². The Bertz CT molecular complexity index is 1840. The summed E-state index contributed by atoms with van der Waals surface area (Å²) in [6.45, 7) is 2.48. The zero-order chi connectivity index (χ0) is 28.8. The predicted molar refractivity (Wildman–Crippen MR) is 161 cm³/mol. The molecule has 0 aromatic carbocycles. The minimum absolute atomic E-state index is 0.0797. The van der Waals surface area contributed by atoms with Gasteiger partial charge in [0.1, 0.15) is 16.6 Å². The maximum absolute atomic E-state index is 12.9. The Morgan fingerprint density at radius 3 is 2.79 bits per heavy atom. The molecular weight excluding hydrogens is 580 g/mol. The van der Waals surface area contributed by atoms with Gasteiger partial charge in [-0.3, -0.25) is 14.0 Å². The molecule has 0 spiro atoms. The fraction of sp³-hybridized carbons (Fsp3) is 0.370. The molecule has 5 N–H and O–H groups in total. The molecule has 1 amide bonds. The van der Waals surface area contributed by atoms with E-state index < -0.39 is 12.0 Å². The summed E-state index contributed by atoms with van der Waals surface area (Å²) in [5.74, 6) is 0.441. The van der Waals surface area contributed by atoms with Crippen LogP contribution in [-0.2, 0) is 4.74 Å². The first kappa shape index (κ1) is 26.8. The van der Waals surface area contributed by atoms with Gasteiger partial charge in [0, 0.05) is 40.4 Å². The number of primary amides is 1. The molecule has 1 aliphatic heterocycles. The maximum atomic E-state index is 12.9. The van der Waals surface area contributed by atoms with Crippen LogP contribution in [0.25, 0.3) is 26.4 Å². The molecule has 218 valence electrons. The number of amides is 1. The number of carbonyl (C=O) groups excluding carboxylic acids is 1. The fourth-order valence-corrected chi connectivity index (χ4v) is 7.30. The van der Waals surface area contributed by atoms with Gasteiger partial charge in [-0.2, -0.15) is 4.98 Å². The summed E-state index contributed by atoms with van der Waals surface area (Å²) in [5, 5.41) is 29.0. The van der Waals surface area contributed by atoms with Gasteiger partial charge in [0.15, 0.2) is 22.9 Å². The second-order valence-electron chi connectivity index (χ2n) is 10.3. The van der Waals surface area contributed by atoms with Crippen LogP contribution >= 0.6 is 22.7 Å². The van der Waals surface area contributed by atoms with E-state index in [9.17, 15) is 14.7 Å². The Morgan fingerprint density at radius 1 is 1.14 bits per heavy atom. The van der Waals surface area contributed by atoms with Crippen LogP contribution in [0.2, 0.25) is 0 Å². The number of hydrogen-bond donors (Lipinski definition) is 4. The molecule has 2 fully saturated rings. The quantitative estimate of drug-likeness (QED) is 0.213. The van der Waals surface area contributed by atoms with Crippen LogP contribution in [-0.4, -0.2) is 69.0 Å². The lowest BCUT2D eigenvalue weighted by Crippen LogP contribution is -2.37. The van der Waals surface area contributed by atoms with E-state index in [-0.39, 0.29) is 28.5 Å². The highest BCUT2D eigenvalue weighted by Crippen LogP contribution is 2.39. The van der Waals surface area contributed by atoms with Crippen molar-refractivity contribution in [3.8, 4) is 10.4 Å². The molecule has 5 aromatic heterocycles. The lowest BCUT2D eigenvalue weighted by molar-refractivity contribution is 0.100. The lowest BCUT2D eigenvalue weighted by atomic mass is 9.93. The molecular formula is C27H28N8O5S2. The summed E-state index contributed by atoms with van der Waals surface area (Å²) in [6, 6.07) is 3.26. The highest BCUT2D eigenvalue weighted by molar-refractivity contribution is 7.19. The number of nitrogens with zero attached hydrogens (tertiary/aromatic N) is 5. The van der Waals surface area contributed by atoms with E-state index in [1.165, 1.54) is 29.0 Å². The van der Waals surface area contributed by atoms with Crippen molar-refractivity contribution in [2.24, 2.45) is 5.73 Å². The Labute approximate surface area is 246 Å². The number of thiophene rings is 2. The van der Waals surface area contributed by atoms with E-state index in [0.29, 0.717) is 60.5 Å². The lowest BCUT2D eigenvalue weighted by Gasteiger charge is -2.29. The van der Waals surface area contributed by atoms with Crippen molar-refractivity contribution >= 4 is 67.8 Å². The van der Waals surface area contributed by atoms with E-state index in [4.69, 9.17) is 19.9 Å². The van der Waals surface area contributed by atoms with Crippen molar-refractivity contribution < 1.29 is 19.1 Å². The number of hydrogen-bond acceptors (Lipinski definition) is 13. The standard InChI is InChI=1S/C27H28N8O5S2/c28-24(38)21-25(32-27(35-13-29-33-26(21)35)31-16-3-1-2-4-17(16)36)30-14-9-19(41-11-14)15-12-42-23-18(37)10-20(40-22(15)23)34-5-7-39-8-6-34/h9-13,16-17,30,36H,1-8H2,(H2,28,38)(H,31,32)/t16-,17+/m1/s1. The number of morpholine rings is 1. The second kappa shape index (κ2) is 11.0. The minimum Gasteiger partial charge on any atom is -0.439 e. The average molecular weight is 609 g/mol. The van der Waals surface area contributed by atoms with Gasteiger partial charge in [-0.05, 0) is 18.9 Å². The number of aliphatic hydroxyl groups is 1. The summed E-state index contributed by atoms with van der Waals surface area (Å²) < 4.78 is 13.8. The Balaban J connectivity index is 1.23. The number of carbonyl (C=O) groups is 1. The van der Waals surface area contributed by atoms with Gasteiger partial charge >= 0.3 is 0 Å². The highest BCUT2D eigenvalue weighted by atomic mass is 32.1. The maximum Gasteiger partial charge on any atom is 0.256 e. The van der Waals surface area contributed by atoms with Crippen LogP contribution < -0.4 is 26.7 Å². The molecule has 0 unspecified atom stereocenters. The first-order valence-corrected chi connectivity index (χ1v) is 15.4. The number of rotatable bonds is 7. The molecule has 7 rings (SSSR count). The van der Waals surface area contributed by atoms with Crippen molar-refractivity contribution in [3.63, 3.8) is 0 Å². The molecule has 5 aromatic rings. The average Bonchev–Trinajstić information content (AvgIpc) is 3.75. The van der Waals surface area contributed by atoms with Gasteiger partial charge < -0.3 is 35.5 Å². The number of anilines is 4. The zero-order valence-corrected chi connectivity index (χ0v) is 24.0. The minimum atomic E-state index is -0.705. The van der Waals surface area contributed by atoms with Crippen LogP contribution in [0.5, 0.6) is 0 Å². The molecule has 1 aliphatic carbocycles. The first-order chi connectivity index (χ1) is 20.5. The van der Waals surface area contributed by atoms with Crippen LogP contribution in [0.1, 0.15) is 36.0 Å². The third-order valence-electron chi connectivity index (χ3n) is 7.63. The molecule has 1 saturated carbocycles. The molecule has 15 heteroatoms. The van der Waals surface area contributed by atoms with E-state index in [2.05, 4.69) is 20.8 Å². The molecule has 42 heavy (non-hydrogen) atoms. The number of aromatic nitrogens is 4. The van der Waals surface area contributed by atoms with Gasteiger partial charge in [0.2, 0.25) is 11.4 Å². The Hall–Kier alpha value is -4.05. The van der Waals surface area contributed by atoms with Gasteiger partial charge in [-0.25, -0.2) is 0 Å². The molecule has 1 saturated heterocycles. The Kier molecular flexibility index (Phi) is 7.01. The van der Waals surface area contributed by atoms with Crippen molar-refractivity contribution in [3.05, 3.63) is 45.0 Å². The summed E-state index contributed by atoms with van der Waals surface area (Å²) >= 11 is 2.81. The van der Waals surface area contributed by atoms with Crippen molar-refractivity contribution in [2.75, 3.05) is 41.8 Å². The van der Waals surface area contributed by atoms with Crippen LogP contribution in [0.15, 0.2) is 38.4 Å². The first-order valence-electron chi connectivity index (χ1n) is 13.7. The summed E-state index contributed by atoms with van der Waals surface area (Å²) in [5.41, 5.74) is 8.07. The predicted octanol–water partition coefficient (Wildman–Crippen LogP) is 3.42. The fourth-order valence-electron chi connectivity index (χ4n) is 5.47. The Morgan fingerprint density at radius 2 is 1.98 bits per heavy atom. The normalized spacial score (nSPS) is 19.4. The van der Waals surface area contributed by atoms with Gasteiger partial charge in [-0.1, -0.05) is 12.8 Å². The summed E-state index contributed by atoms with van der Waals surface area (Å²) in [7, 11) is 0. The summed E-state index contributed by atoms with van der Waals surface area (Å²) in [4.78, 5) is 33.1. The van der Waals surface area contributed by atoms with E-state index >= 15 is 0 Å². The van der Waals surface area contributed by atoms with Crippen molar-refractivity contribution in [2.45, 2.75) is 37.8 Å². The van der Waals surface area contributed by atoms with Gasteiger partial charge in [0.25, 0.3) is 5.91 Å². The van der Waals surface area contributed by atoms with Crippen LogP contribution in [0, 0.1) is 0 Å².